The fraction of sp³-hybridized carbons (Fsp3) is 0.385. The number of fused-ring (bicyclic) bond motifs is 2. The summed E-state index contributed by atoms with van der Waals surface area (Å²) < 4.78 is 0. The third-order valence-electron chi connectivity index (χ3n) is 7.15. The smallest absolute Gasteiger partial charge is 0.326 e. The summed E-state index contributed by atoms with van der Waals surface area (Å²) in [5.74, 6) is -0.946. The number of carboxylic acid groups (broad SMARTS) is 1. The minimum absolute atomic E-state index is 0.0832. The van der Waals surface area contributed by atoms with Gasteiger partial charge in [-0.05, 0) is 48.1 Å². The molecule has 0 radical (unpaired) electrons. The third kappa shape index (κ3) is 4.71. The quantitative estimate of drug-likeness (QED) is 0.524. The van der Waals surface area contributed by atoms with Crippen LogP contribution in [0.3, 0.4) is 0 Å². The number of benzene rings is 2. The number of aromatic amines is 1. The number of H-pyrrole nitrogens is 1. The zero-order valence-electron chi connectivity index (χ0n) is 19.7. The number of rotatable bonds is 5. The summed E-state index contributed by atoms with van der Waals surface area (Å²) in [7, 11) is 0. The Bertz CT molecular complexity index is 1280. The number of carboxylic acids is 1. The van der Waals surface area contributed by atoms with Crippen molar-refractivity contribution in [2.24, 2.45) is 0 Å². The lowest BCUT2D eigenvalue weighted by molar-refractivity contribution is -0.139. The van der Waals surface area contributed by atoms with Crippen molar-refractivity contribution in [1.29, 1.82) is 0 Å². The normalized spacial score (nSPS) is 17.3. The molecule has 9 nitrogen and oxygen atoms in total. The molecule has 1 saturated heterocycles. The summed E-state index contributed by atoms with van der Waals surface area (Å²) in [6, 6.07) is 10.5. The maximum atomic E-state index is 12.9. The molecule has 1 atom stereocenters. The van der Waals surface area contributed by atoms with Gasteiger partial charge in [-0.25, -0.2) is 9.59 Å². The molecule has 2 aromatic carbocycles. The average Bonchev–Trinajstić information content (AvgIpc) is 3.32. The van der Waals surface area contributed by atoms with Gasteiger partial charge >= 0.3 is 12.0 Å². The lowest BCUT2D eigenvalue weighted by Gasteiger charge is -2.40. The maximum Gasteiger partial charge on any atom is 0.326 e. The van der Waals surface area contributed by atoms with Crippen LogP contribution in [0.25, 0.3) is 10.9 Å². The van der Waals surface area contributed by atoms with Gasteiger partial charge in [-0.3, -0.25) is 9.89 Å². The minimum atomic E-state index is -1.07. The number of nitrogens with one attached hydrogen (secondary N) is 2. The number of aromatic nitrogens is 2. The minimum Gasteiger partial charge on any atom is -0.480 e. The van der Waals surface area contributed by atoms with E-state index in [9.17, 15) is 19.5 Å². The van der Waals surface area contributed by atoms with E-state index in [0.29, 0.717) is 38.9 Å². The van der Waals surface area contributed by atoms with Crippen molar-refractivity contribution in [2.75, 3.05) is 13.1 Å². The number of aliphatic carboxylic acids is 1. The summed E-state index contributed by atoms with van der Waals surface area (Å²) in [5.41, 5.74) is 4.99. The molecule has 3 heterocycles. The van der Waals surface area contributed by atoms with Crippen molar-refractivity contribution < 1.29 is 19.5 Å². The lowest BCUT2D eigenvalue weighted by Crippen LogP contribution is -2.54. The Morgan fingerprint density at radius 3 is 2.69 bits per heavy atom. The maximum absolute atomic E-state index is 12.9. The van der Waals surface area contributed by atoms with Crippen LogP contribution in [-0.2, 0) is 29.0 Å². The zero-order valence-corrected chi connectivity index (χ0v) is 19.7. The highest BCUT2D eigenvalue weighted by Gasteiger charge is 2.33. The van der Waals surface area contributed by atoms with Crippen molar-refractivity contribution in [3.8, 4) is 0 Å². The number of urea groups is 1. The molecule has 3 amide bonds. The zero-order chi connectivity index (χ0) is 24.5. The first-order valence-electron chi connectivity index (χ1n) is 12.0. The van der Waals surface area contributed by atoms with Crippen LogP contribution in [0.1, 0.15) is 35.1 Å². The second-order valence-corrected chi connectivity index (χ2v) is 9.48. The molecule has 0 spiro atoms. The topological polar surface area (TPSA) is 119 Å². The molecular formula is C26H29N5O4. The highest BCUT2D eigenvalue weighted by Crippen LogP contribution is 2.26. The number of hydrogen-bond acceptors (Lipinski definition) is 4. The molecule has 1 aromatic heterocycles. The SMILES string of the molecule is Cc1cc(C[C@@H](NC(=O)N2CCC(N3Cc4ccccc4CC3=O)CC2)C(=O)O)cc2cn[nH]c12. The van der Waals surface area contributed by atoms with Gasteiger partial charge in [0, 0.05) is 37.5 Å². The van der Waals surface area contributed by atoms with Gasteiger partial charge in [-0.15, -0.1) is 0 Å². The fourth-order valence-electron chi connectivity index (χ4n) is 5.24. The van der Waals surface area contributed by atoms with Gasteiger partial charge in [0.25, 0.3) is 0 Å². The van der Waals surface area contributed by atoms with Gasteiger partial charge in [-0.1, -0.05) is 30.3 Å². The highest BCUT2D eigenvalue weighted by molar-refractivity contribution is 5.85. The Kier molecular flexibility index (Phi) is 6.15. The molecule has 3 N–H and O–H groups in total. The van der Waals surface area contributed by atoms with Crippen LogP contribution < -0.4 is 5.32 Å². The van der Waals surface area contributed by atoms with E-state index < -0.39 is 12.0 Å². The Hall–Kier alpha value is -3.88. The van der Waals surface area contributed by atoms with Gasteiger partial charge in [0.05, 0.1) is 18.1 Å². The molecule has 5 rings (SSSR count). The van der Waals surface area contributed by atoms with Crippen molar-refractivity contribution in [3.63, 3.8) is 0 Å². The largest absolute Gasteiger partial charge is 0.480 e. The average molecular weight is 476 g/mol. The number of amides is 3. The third-order valence-corrected chi connectivity index (χ3v) is 7.15. The standard InChI is InChI=1S/C26H29N5O4/c1-16-10-17(11-20-14-27-29-24(16)20)12-22(25(33)34)28-26(35)30-8-6-21(7-9-30)31-15-19-5-3-2-4-18(19)13-23(31)32/h2-5,10-11,14,21-22H,6-9,12-13,15H2,1H3,(H,27,29)(H,28,35)(H,33,34)/t22-/m1/s1. The molecule has 0 bridgehead atoms. The number of nitrogens with zero attached hydrogens (tertiary/aromatic N) is 3. The van der Waals surface area contributed by atoms with E-state index in [-0.39, 0.29) is 24.4 Å². The summed E-state index contributed by atoms with van der Waals surface area (Å²) in [4.78, 5) is 41.1. The van der Waals surface area contributed by atoms with Crippen LogP contribution in [-0.4, -0.2) is 68.2 Å². The van der Waals surface area contributed by atoms with E-state index in [1.165, 1.54) is 5.56 Å². The van der Waals surface area contributed by atoms with Crippen molar-refractivity contribution in [3.05, 3.63) is 64.8 Å². The van der Waals surface area contributed by atoms with E-state index in [1.54, 1.807) is 11.1 Å². The van der Waals surface area contributed by atoms with Crippen LogP contribution >= 0.6 is 0 Å². The van der Waals surface area contributed by atoms with E-state index >= 15 is 0 Å². The van der Waals surface area contributed by atoms with Crippen LogP contribution in [0.4, 0.5) is 4.79 Å². The van der Waals surface area contributed by atoms with E-state index in [2.05, 4.69) is 21.6 Å². The summed E-state index contributed by atoms with van der Waals surface area (Å²) >= 11 is 0. The molecule has 1 fully saturated rings. The molecule has 2 aliphatic heterocycles. The van der Waals surface area contributed by atoms with Gasteiger partial charge in [0.1, 0.15) is 6.04 Å². The number of aryl methyl sites for hydroxylation is 1. The first kappa shape index (κ1) is 22.9. The van der Waals surface area contributed by atoms with E-state index in [0.717, 1.165) is 27.6 Å². The van der Waals surface area contributed by atoms with Crippen molar-refractivity contribution in [1.82, 2.24) is 25.3 Å². The first-order chi connectivity index (χ1) is 16.9. The predicted octanol–water partition coefficient (Wildman–Crippen LogP) is 2.63. The molecule has 0 saturated carbocycles. The number of hydrogen-bond donors (Lipinski definition) is 3. The Balaban J connectivity index is 1.19. The second-order valence-electron chi connectivity index (χ2n) is 9.48. The Morgan fingerprint density at radius 1 is 1.20 bits per heavy atom. The van der Waals surface area contributed by atoms with Crippen molar-refractivity contribution >= 4 is 28.8 Å². The van der Waals surface area contributed by atoms with E-state index in [1.807, 2.05) is 42.2 Å². The molecule has 9 heteroatoms. The number of carbonyl (C=O) groups is 3. The van der Waals surface area contributed by atoms with Gasteiger partial charge in [-0.2, -0.15) is 5.10 Å². The molecule has 35 heavy (non-hydrogen) atoms. The number of piperidine rings is 1. The second kappa shape index (κ2) is 9.40. The Morgan fingerprint density at radius 2 is 1.94 bits per heavy atom. The summed E-state index contributed by atoms with van der Waals surface area (Å²) in [5, 5.41) is 20.3. The van der Waals surface area contributed by atoms with Crippen LogP contribution in [0, 0.1) is 6.92 Å². The molecule has 2 aliphatic rings. The highest BCUT2D eigenvalue weighted by atomic mass is 16.4. The molecular weight excluding hydrogens is 446 g/mol. The van der Waals surface area contributed by atoms with Crippen LogP contribution in [0.5, 0.6) is 0 Å². The van der Waals surface area contributed by atoms with Crippen LogP contribution in [0.15, 0.2) is 42.6 Å². The van der Waals surface area contributed by atoms with E-state index in [4.69, 9.17) is 0 Å². The first-order valence-corrected chi connectivity index (χ1v) is 12.0. The fourth-order valence-corrected chi connectivity index (χ4v) is 5.24. The monoisotopic (exact) mass is 475 g/mol. The van der Waals surface area contributed by atoms with Gasteiger partial charge in [0.15, 0.2) is 0 Å². The summed E-state index contributed by atoms with van der Waals surface area (Å²) in [6.45, 7) is 3.50. The summed E-state index contributed by atoms with van der Waals surface area (Å²) in [6.07, 6.45) is 3.66. The Labute approximate surface area is 203 Å². The van der Waals surface area contributed by atoms with Crippen molar-refractivity contribution in [2.45, 2.75) is 51.2 Å². The van der Waals surface area contributed by atoms with Gasteiger partial charge in [0.2, 0.25) is 5.91 Å². The predicted molar refractivity (Wildman–Crippen MR) is 130 cm³/mol. The van der Waals surface area contributed by atoms with Gasteiger partial charge < -0.3 is 20.2 Å². The number of likely N-dealkylation sites (tertiary alicyclic amines) is 1. The molecule has 0 unspecified atom stereocenters. The molecule has 3 aromatic rings. The lowest BCUT2D eigenvalue weighted by atomic mass is 9.95. The van der Waals surface area contributed by atoms with Crippen LogP contribution in [0.2, 0.25) is 0 Å². The molecule has 0 aliphatic carbocycles. The molecule has 182 valence electrons. The number of carbonyl (C=O) groups excluding carboxylic acids is 2.